The van der Waals surface area contributed by atoms with Crippen LogP contribution in [0.1, 0.15) is 12.5 Å². The number of anilines is 1. The van der Waals surface area contributed by atoms with Crippen molar-refractivity contribution in [3.8, 4) is 5.75 Å². The zero-order valence-electron chi connectivity index (χ0n) is 14.1. The molecule has 0 spiro atoms. The maximum atomic E-state index is 12.2. The summed E-state index contributed by atoms with van der Waals surface area (Å²) in [5.41, 5.74) is 3.91. The number of benzene rings is 3. The van der Waals surface area contributed by atoms with Gasteiger partial charge < -0.3 is 10.4 Å². The zero-order chi connectivity index (χ0) is 18.5. The molecule has 3 aromatic rings. The van der Waals surface area contributed by atoms with E-state index < -0.39 is 6.04 Å². The second-order valence-electron chi connectivity index (χ2n) is 5.83. The van der Waals surface area contributed by atoms with Crippen molar-refractivity contribution in [2.45, 2.75) is 13.0 Å². The highest BCUT2D eigenvalue weighted by molar-refractivity contribution is 9.10. The fraction of sp³-hybridized carbons (Fsp3) is 0.100. The third-order valence-corrected chi connectivity index (χ3v) is 4.47. The summed E-state index contributed by atoms with van der Waals surface area (Å²) in [6.07, 6.45) is 1.46. The number of nitrogens with zero attached hydrogens (tertiary/aromatic N) is 1. The second kappa shape index (κ2) is 8.01. The average Bonchev–Trinajstić information content (AvgIpc) is 2.65. The molecule has 0 bridgehead atoms. The topological polar surface area (TPSA) is 73.7 Å². The minimum absolute atomic E-state index is 0.114. The van der Waals surface area contributed by atoms with Crippen molar-refractivity contribution < 1.29 is 9.90 Å². The molecule has 0 fully saturated rings. The summed E-state index contributed by atoms with van der Waals surface area (Å²) < 4.78 is 0.972. The molecule has 132 valence electrons. The van der Waals surface area contributed by atoms with Crippen molar-refractivity contribution in [1.82, 2.24) is 5.43 Å². The van der Waals surface area contributed by atoms with Crippen LogP contribution in [0.15, 0.2) is 70.2 Å². The van der Waals surface area contributed by atoms with E-state index >= 15 is 0 Å². The Hall–Kier alpha value is -2.86. The van der Waals surface area contributed by atoms with Gasteiger partial charge in [0.15, 0.2) is 0 Å². The van der Waals surface area contributed by atoms with Crippen LogP contribution in [0.2, 0.25) is 0 Å². The van der Waals surface area contributed by atoms with Gasteiger partial charge in [-0.3, -0.25) is 4.79 Å². The first-order chi connectivity index (χ1) is 12.5. The maximum absolute atomic E-state index is 12.2. The first-order valence-electron chi connectivity index (χ1n) is 8.10. The molecule has 0 aliphatic carbocycles. The number of phenols is 1. The molecule has 0 radical (unpaired) electrons. The minimum atomic E-state index is -0.463. The van der Waals surface area contributed by atoms with E-state index in [0.717, 1.165) is 20.9 Å². The number of fused-ring (bicyclic) bond motifs is 1. The number of phenolic OH excluding ortho intramolecular Hbond substituents is 1. The summed E-state index contributed by atoms with van der Waals surface area (Å²) in [6, 6.07) is 18.2. The zero-order valence-corrected chi connectivity index (χ0v) is 15.7. The Morgan fingerprint density at radius 2 is 1.85 bits per heavy atom. The molecule has 6 heteroatoms. The van der Waals surface area contributed by atoms with Crippen molar-refractivity contribution in [2.75, 3.05) is 5.32 Å². The molecule has 0 aliphatic rings. The SMILES string of the molecule is CC(Nc1ccc(Br)cc1)C(=O)NN=Cc1c(O)ccc2ccccc12. The molecule has 1 atom stereocenters. The van der Waals surface area contributed by atoms with Crippen molar-refractivity contribution in [2.24, 2.45) is 5.10 Å². The summed E-state index contributed by atoms with van der Waals surface area (Å²) in [6.45, 7) is 1.75. The van der Waals surface area contributed by atoms with Crippen LogP contribution in [0.4, 0.5) is 5.69 Å². The Balaban J connectivity index is 1.67. The Bertz CT molecular complexity index is 955. The average molecular weight is 412 g/mol. The van der Waals surface area contributed by atoms with Gasteiger partial charge in [-0.1, -0.05) is 46.3 Å². The second-order valence-corrected chi connectivity index (χ2v) is 6.74. The normalized spacial score (nSPS) is 12.2. The van der Waals surface area contributed by atoms with Gasteiger partial charge in [-0.05, 0) is 48.0 Å². The molecule has 5 nitrogen and oxygen atoms in total. The van der Waals surface area contributed by atoms with Gasteiger partial charge in [-0.25, -0.2) is 5.43 Å². The molecule has 3 aromatic carbocycles. The molecule has 0 saturated carbocycles. The Labute approximate surface area is 159 Å². The first kappa shape index (κ1) is 17.9. The number of hydrogen-bond donors (Lipinski definition) is 3. The standard InChI is InChI=1S/C20H18BrN3O2/c1-13(23-16-9-7-15(21)8-10-16)20(26)24-22-12-18-17-5-3-2-4-14(17)6-11-19(18)25/h2-13,23,25H,1H3,(H,24,26). The number of aromatic hydroxyl groups is 1. The third-order valence-electron chi connectivity index (χ3n) is 3.94. The fourth-order valence-corrected chi connectivity index (χ4v) is 2.80. The molecule has 26 heavy (non-hydrogen) atoms. The predicted octanol–water partition coefficient (Wildman–Crippen LogP) is 4.26. The summed E-state index contributed by atoms with van der Waals surface area (Å²) >= 11 is 3.37. The van der Waals surface area contributed by atoms with Gasteiger partial charge in [-0.2, -0.15) is 5.10 Å². The smallest absolute Gasteiger partial charge is 0.262 e. The molecular formula is C20H18BrN3O2. The molecule has 0 heterocycles. The minimum Gasteiger partial charge on any atom is -0.507 e. The van der Waals surface area contributed by atoms with Crippen LogP contribution in [-0.2, 0) is 4.79 Å². The molecule has 1 unspecified atom stereocenters. The van der Waals surface area contributed by atoms with Crippen LogP contribution < -0.4 is 10.7 Å². The van der Waals surface area contributed by atoms with Gasteiger partial charge in [-0.15, -0.1) is 0 Å². The molecule has 0 aliphatic heterocycles. The number of hydrogen-bond acceptors (Lipinski definition) is 4. The van der Waals surface area contributed by atoms with E-state index in [9.17, 15) is 9.90 Å². The number of hydrazone groups is 1. The van der Waals surface area contributed by atoms with Gasteiger partial charge in [0.25, 0.3) is 5.91 Å². The maximum Gasteiger partial charge on any atom is 0.262 e. The van der Waals surface area contributed by atoms with E-state index in [-0.39, 0.29) is 11.7 Å². The number of rotatable bonds is 5. The van der Waals surface area contributed by atoms with Crippen molar-refractivity contribution in [3.63, 3.8) is 0 Å². The van der Waals surface area contributed by atoms with Crippen LogP contribution >= 0.6 is 15.9 Å². The van der Waals surface area contributed by atoms with Crippen LogP contribution in [0.5, 0.6) is 5.75 Å². The largest absolute Gasteiger partial charge is 0.507 e. The third kappa shape index (κ3) is 4.21. The fourth-order valence-electron chi connectivity index (χ4n) is 2.54. The van der Waals surface area contributed by atoms with Gasteiger partial charge in [0.2, 0.25) is 0 Å². The highest BCUT2D eigenvalue weighted by Gasteiger charge is 2.12. The number of halogens is 1. The number of nitrogens with one attached hydrogen (secondary N) is 2. The Morgan fingerprint density at radius 3 is 2.62 bits per heavy atom. The van der Waals surface area contributed by atoms with Crippen LogP contribution in [0.25, 0.3) is 10.8 Å². The van der Waals surface area contributed by atoms with Crippen LogP contribution in [0, 0.1) is 0 Å². The van der Waals surface area contributed by atoms with Crippen molar-refractivity contribution in [3.05, 3.63) is 70.7 Å². The van der Waals surface area contributed by atoms with E-state index in [1.807, 2.05) is 54.6 Å². The number of carbonyl (C=O) groups is 1. The molecular weight excluding hydrogens is 394 g/mol. The quantitative estimate of drug-likeness (QED) is 0.433. The molecule has 3 rings (SSSR count). The van der Waals surface area contributed by atoms with Crippen LogP contribution in [-0.4, -0.2) is 23.3 Å². The van der Waals surface area contributed by atoms with E-state index in [2.05, 4.69) is 31.8 Å². The van der Waals surface area contributed by atoms with E-state index in [4.69, 9.17) is 0 Å². The molecule has 0 aromatic heterocycles. The number of carbonyl (C=O) groups excluding carboxylic acids is 1. The van der Waals surface area contributed by atoms with Crippen LogP contribution in [0.3, 0.4) is 0 Å². The Kier molecular flexibility index (Phi) is 5.53. The molecule has 1 amide bonds. The lowest BCUT2D eigenvalue weighted by molar-refractivity contribution is -0.121. The highest BCUT2D eigenvalue weighted by Crippen LogP contribution is 2.25. The Morgan fingerprint density at radius 1 is 1.12 bits per heavy atom. The van der Waals surface area contributed by atoms with Crippen molar-refractivity contribution in [1.29, 1.82) is 0 Å². The van der Waals surface area contributed by atoms with Gasteiger partial charge in [0, 0.05) is 15.7 Å². The van der Waals surface area contributed by atoms with E-state index in [1.165, 1.54) is 6.21 Å². The van der Waals surface area contributed by atoms with E-state index in [0.29, 0.717) is 5.56 Å². The summed E-state index contributed by atoms with van der Waals surface area (Å²) in [4.78, 5) is 12.2. The van der Waals surface area contributed by atoms with Gasteiger partial charge in [0.05, 0.1) is 6.21 Å². The lowest BCUT2D eigenvalue weighted by Crippen LogP contribution is -2.34. The highest BCUT2D eigenvalue weighted by atomic mass is 79.9. The molecule has 0 saturated heterocycles. The molecule has 3 N–H and O–H groups in total. The van der Waals surface area contributed by atoms with Gasteiger partial charge in [0.1, 0.15) is 11.8 Å². The van der Waals surface area contributed by atoms with Gasteiger partial charge >= 0.3 is 0 Å². The monoisotopic (exact) mass is 411 g/mol. The lowest BCUT2D eigenvalue weighted by atomic mass is 10.0. The predicted molar refractivity (Wildman–Crippen MR) is 109 cm³/mol. The summed E-state index contributed by atoms with van der Waals surface area (Å²) in [7, 11) is 0. The summed E-state index contributed by atoms with van der Waals surface area (Å²) in [5, 5.41) is 19.0. The lowest BCUT2D eigenvalue weighted by Gasteiger charge is -2.13. The van der Waals surface area contributed by atoms with E-state index in [1.54, 1.807) is 13.0 Å². The summed E-state index contributed by atoms with van der Waals surface area (Å²) in [5.74, 6) is -0.161. The van der Waals surface area contributed by atoms with Crippen molar-refractivity contribution >= 4 is 44.5 Å². The first-order valence-corrected chi connectivity index (χ1v) is 8.89. The number of amides is 1.